The van der Waals surface area contributed by atoms with Gasteiger partial charge in [0.1, 0.15) is 0 Å². The minimum atomic E-state index is -0.228. The molecule has 5 heteroatoms. The molecule has 0 saturated heterocycles. The van der Waals surface area contributed by atoms with E-state index in [0.29, 0.717) is 16.3 Å². The maximum Gasteiger partial charge on any atom is 0.244 e. The van der Waals surface area contributed by atoms with Crippen LogP contribution in [0, 0.1) is 13.8 Å². The van der Waals surface area contributed by atoms with Crippen LogP contribution in [0.5, 0.6) is 0 Å². The highest BCUT2D eigenvalue weighted by Crippen LogP contribution is 2.34. The molecule has 1 aliphatic heterocycles. The highest BCUT2D eigenvalue weighted by Gasteiger charge is 2.29. The van der Waals surface area contributed by atoms with Gasteiger partial charge in [-0.05, 0) is 37.6 Å². The average Bonchev–Trinajstić information content (AvgIpc) is 2.82. The first-order valence-corrected chi connectivity index (χ1v) is 8.07. The number of Topliss-reactive ketones (excluding diaryl/α,β-unsaturated/α-hetero) is 1. The van der Waals surface area contributed by atoms with Gasteiger partial charge in [0.2, 0.25) is 11.7 Å². The van der Waals surface area contributed by atoms with E-state index >= 15 is 0 Å². The van der Waals surface area contributed by atoms with Gasteiger partial charge < -0.3 is 0 Å². The van der Waals surface area contributed by atoms with Crippen molar-refractivity contribution in [3.63, 3.8) is 0 Å². The number of hydrogen-bond donors (Lipinski definition) is 0. The van der Waals surface area contributed by atoms with Crippen LogP contribution in [0.15, 0.2) is 52.5 Å². The Hall–Kier alpha value is -2.40. The van der Waals surface area contributed by atoms with Gasteiger partial charge >= 0.3 is 0 Å². The molecule has 3 rings (SSSR count). The smallest absolute Gasteiger partial charge is 0.244 e. The van der Waals surface area contributed by atoms with Gasteiger partial charge in [-0.15, -0.1) is 0 Å². The quantitative estimate of drug-likeness (QED) is 0.786. The maximum atomic E-state index is 12.4. The van der Waals surface area contributed by atoms with Crippen LogP contribution in [-0.4, -0.2) is 16.7 Å². The third-order valence-electron chi connectivity index (χ3n) is 3.60. The van der Waals surface area contributed by atoms with Gasteiger partial charge in [-0.1, -0.05) is 41.6 Å². The number of fused-ring (bicyclic) bond motifs is 1. The Morgan fingerprint density at radius 1 is 1.13 bits per heavy atom. The van der Waals surface area contributed by atoms with E-state index in [9.17, 15) is 9.59 Å². The molecule has 0 fully saturated rings. The third-order valence-corrected chi connectivity index (χ3v) is 4.64. The molecule has 116 valence electrons. The van der Waals surface area contributed by atoms with Crippen molar-refractivity contribution < 1.29 is 9.59 Å². The summed E-state index contributed by atoms with van der Waals surface area (Å²) in [6.07, 6.45) is 0. The molecule has 0 bridgehead atoms. The Labute approximate surface area is 139 Å². The largest absolute Gasteiger partial charge is 0.286 e. The van der Waals surface area contributed by atoms with E-state index in [4.69, 9.17) is 0 Å². The molecule has 1 heterocycles. The molecule has 4 nitrogen and oxygen atoms in total. The fourth-order valence-corrected chi connectivity index (χ4v) is 3.45. The van der Waals surface area contributed by atoms with Crippen LogP contribution in [0.2, 0.25) is 0 Å². The molecule has 0 spiro atoms. The van der Waals surface area contributed by atoms with Gasteiger partial charge in [-0.25, -0.2) is 0 Å². The second kappa shape index (κ2) is 6.01. The zero-order valence-electron chi connectivity index (χ0n) is 13.2. The minimum absolute atomic E-state index is 0.137. The van der Waals surface area contributed by atoms with E-state index < -0.39 is 0 Å². The van der Waals surface area contributed by atoms with Crippen LogP contribution in [0.3, 0.4) is 0 Å². The number of carbonyl (C=O) groups is 2. The van der Waals surface area contributed by atoms with Crippen LogP contribution >= 0.6 is 11.8 Å². The fourth-order valence-electron chi connectivity index (χ4n) is 2.50. The van der Waals surface area contributed by atoms with E-state index in [1.807, 2.05) is 50.2 Å². The molecule has 0 radical (unpaired) electrons. The number of thioether (sulfide) groups is 1. The van der Waals surface area contributed by atoms with Gasteiger partial charge in [-0.3, -0.25) is 9.59 Å². The number of carbonyl (C=O) groups excluding carboxylic acids is 2. The predicted octanol–water partition coefficient (Wildman–Crippen LogP) is 3.96. The zero-order valence-corrected chi connectivity index (χ0v) is 14.0. The van der Waals surface area contributed by atoms with Gasteiger partial charge in [0.05, 0.1) is 5.69 Å². The number of benzene rings is 2. The Bertz CT molecular complexity index is 843. The van der Waals surface area contributed by atoms with Crippen LogP contribution in [-0.2, 0) is 4.79 Å². The summed E-state index contributed by atoms with van der Waals surface area (Å²) in [7, 11) is 0. The van der Waals surface area contributed by atoms with Crippen LogP contribution in [0.1, 0.15) is 28.4 Å². The molecule has 0 atom stereocenters. The zero-order chi connectivity index (χ0) is 16.6. The summed E-state index contributed by atoms with van der Waals surface area (Å²) in [6, 6.07) is 13.1. The van der Waals surface area contributed by atoms with Gasteiger partial charge in [0, 0.05) is 17.4 Å². The lowest BCUT2D eigenvalue weighted by Gasteiger charge is -2.18. The molecule has 0 unspecified atom stereocenters. The molecule has 2 aromatic carbocycles. The van der Waals surface area contributed by atoms with E-state index in [0.717, 1.165) is 16.0 Å². The number of aryl methyl sites for hydroxylation is 2. The molecular formula is C18H16N2O2S. The maximum absolute atomic E-state index is 12.4. The van der Waals surface area contributed by atoms with Crippen molar-refractivity contribution in [2.45, 2.75) is 25.7 Å². The first-order valence-electron chi connectivity index (χ1n) is 7.25. The van der Waals surface area contributed by atoms with Crippen LogP contribution in [0.4, 0.5) is 5.69 Å². The standard InChI is InChI=1S/C18H16N2O2S/c1-11-8-9-15(12(2)10-11)20(13(3)21)19-18-17(22)14-6-4-5-7-16(14)23-18/h4-10H,1-3H3. The van der Waals surface area contributed by atoms with E-state index in [1.165, 1.54) is 23.7 Å². The molecule has 2 aromatic rings. The summed E-state index contributed by atoms with van der Waals surface area (Å²) >= 11 is 1.30. The molecule has 0 saturated carbocycles. The number of anilines is 1. The second-order valence-corrected chi connectivity index (χ2v) is 6.48. The summed E-state index contributed by atoms with van der Waals surface area (Å²) in [4.78, 5) is 25.4. The lowest BCUT2D eigenvalue weighted by atomic mass is 10.1. The van der Waals surface area contributed by atoms with Crippen molar-refractivity contribution in [2.75, 3.05) is 5.01 Å². The van der Waals surface area contributed by atoms with Crippen molar-refractivity contribution in [1.29, 1.82) is 0 Å². The number of hydrazone groups is 1. The van der Waals surface area contributed by atoms with E-state index in [2.05, 4.69) is 5.10 Å². The van der Waals surface area contributed by atoms with Gasteiger partial charge in [0.25, 0.3) is 0 Å². The summed E-state index contributed by atoms with van der Waals surface area (Å²) in [6.45, 7) is 5.37. The average molecular weight is 324 g/mol. The Morgan fingerprint density at radius 2 is 1.87 bits per heavy atom. The highest BCUT2D eigenvalue weighted by atomic mass is 32.2. The molecule has 1 aliphatic rings. The topological polar surface area (TPSA) is 49.7 Å². The SMILES string of the molecule is CC(=O)N(N=C1Sc2ccccc2C1=O)c1ccc(C)cc1C. The normalized spacial score (nSPS) is 14.9. The summed E-state index contributed by atoms with van der Waals surface area (Å²) in [5, 5.41) is 5.97. The number of rotatable bonds is 2. The van der Waals surface area contributed by atoms with Crippen LogP contribution in [0.25, 0.3) is 0 Å². The molecule has 0 N–H and O–H groups in total. The van der Waals surface area contributed by atoms with E-state index in [-0.39, 0.29) is 11.7 Å². The molecule has 1 amide bonds. The summed E-state index contributed by atoms with van der Waals surface area (Å²) in [5.41, 5.74) is 3.39. The van der Waals surface area contributed by atoms with Crippen molar-refractivity contribution in [1.82, 2.24) is 0 Å². The van der Waals surface area contributed by atoms with Crippen molar-refractivity contribution in [3.05, 3.63) is 59.2 Å². The Kier molecular flexibility index (Phi) is 4.05. The van der Waals surface area contributed by atoms with E-state index in [1.54, 1.807) is 6.07 Å². The number of amides is 1. The second-order valence-electron chi connectivity index (χ2n) is 5.45. The predicted molar refractivity (Wildman–Crippen MR) is 93.1 cm³/mol. The van der Waals surface area contributed by atoms with Gasteiger partial charge in [0.15, 0.2) is 5.04 Å². The monoisotopic (exact) mass is 324 g/mol. The Balaban J connectivity index is 2.01. The first-order chi connectivity index (χ1) is 11.0. The van der Waals surface area contributed by atoms with Crippen LogP contribution < -0.4 is 5.01 Å². The third kappa shape index (κ3) is 2.92. The first kappa shape index (κ1) is 15.5. The lowest BCUT2D eigenvalue weighted by molar-refractivity contribution is -0.116. The highest BCUT2D eigenvalue weighted by molar-refractivity contribution is 8.16. The van der Waals surface area contributed by atoms with Crippen molar-refractivity contribution >= 4 is 34.2 Å². The number of ketones is 1. The molecule has 0 aromatic heterocycles. The molecule has 23 heavy (non-hydrogen) atoms. The minimum Gasteiger partial charge on any atom is -0.286 e. The number of hydrogen-bond acceptors (Lipinski definition) is 4. The summed E-state index contributed by atoms with van der Waals surface area (Å²) < 4.78 is 0. The Morgan fingerprint density at radius 3 is 2.52 bits per heavy atom. The lowest BCUT2D eigenvalue weighted by Crippen LogP contribution is -2.25. The van der Waals surface area contributed by atoms with Crippen molar-refractivity contribution in [2.24, 2.45) is 5.10 Å². The fraction of sp³-hybridized carbons (Fsp3) is 0.167. The molecular weight excluding hydrogens is 308 g/mol. The van der Waals surface area contributed by atoms with Gasteiger partial charge in [-0.2, -0.15) is 10.1 Å². The molecule has 0 aliphatic carbocycles. The summed E-state index contributed by atoms with van der Waals surface area (Å²) in [5.74, 6) is -0.365. The number of nitrogens with zero attached hydrogens (tertiary/aromatic N) is 2. The van der Waals surface area contributed by atoms with Crippen molar-refractivity contribution in [3.8, 4) is 0 Å².